The average molecular weight is 350 g/mol. The van der Waals surface area contributed by atoms with E-state index in [0.29, 0.717) is 17.5 Å². The Morgan fingerprint density at radius 1 is 1.04 bits per heavy atom. The van der Waals surface area contributed by atoms with Crippen LogP contribution >= 0.6 is 0 Å². The van der Waals surface area contributed by atoms with Gasteiger partial charge in [0.15, 0.2) is 0 Å². The molecule has 0 radical (unpaired) electrons. The van der Waals surface area contributed by atoms with Crippen LogP contribution in [0.5, 0.6) is 0 Å². The van der Waals surface area contributed by atoms with Crippen LogP contribution in [-0.4, -0.2) is 28.7 Å². The number of nitrogens with zero attached hydrogens (tertiary/aromatic N) is 1. The standard InChI is InChI=1S/C21H22N2O3/c1-10-3-5-12(6-4-10)22-19(24)11(2)23-20(25)17-13-7-8-14(16-9-15(13)16)18(17)21(23)26/h3-8,11,13-18H,9H2,1-2H3,(H,22,24). The van der Waals surface area contributed by atoms with E-state index in [-0.39, 0.29) is 41.4 Å². The van der Waals surface area contributed by atoms with Crippen molar-refractivity contribution in [2.75, 3.05) is 5.32 Å². The molecule has 1 N–H and O–H groups in total. The Hall–Kier alpha value is -2.43. The molecule has 3 amide bonds. The Kier molecular flexibility index (Phi) is 3.21. The van der Waals surface area contributed by atoms with Crippen LogP contribution < -0.4 is 5.32 Å². The van der Waals surface area contributed by atoms with E-state index in [1.807, 2.05) is 31.2 Å². The molecule has 6 rings (SSSR count). The molecule has 0 spiro atoms. The molecule has 5 heteroatoms. The fourth-order valence-corrected chi connectivity index (χ4v) is 5.36. The topological polar surface area (TPSA) is 66.5 Å². The van der Waals surface area contributed by atoms with Crippen LogP contribution in [0, 0.1) is 42.4 Å². The molecule has 2 saturated carbocycles. The van der Waals surface area contributed by atoms with Crippen molar-refractivity contribution >= 4 is 23.4 Å². The molecule has 5 nitrogen and oxygen atoms in total. The third-order valence-corrected chi connectivity index (χ3v) is 6.78. The molecule has 1 heterocycles. The molecule has 7 unspecified atom stereocenters. The van der Waals surface area contributed by atoms with Crippen molar-refractivity contribution in [3.8, 4) is 0 Å². The first kappa shape index (κ1) is 15.8. The first-order valence-corrected chi connectivity index (χ1v) is 9.40. The Morgan fingerprint density at radius 3 is 2.12 bits per heavy atom. The van der Waals surface area contributed by atoms with Gasteiger partial charge in [0.05, 0.1) is 11.8 Å². The van der Waals surface area contributed by atoms with E-state index in [1.165, 1.54) is 4.90 Å². The zero-order valence-electron chi connectivity index (χ0n) is 14.9. The first-order chi connectivity index (χ1) is 12.5. The second-order valence-corrected chi connectivity index (χ2v) is 8.23. The number of allylic oxidation sites excluding steroid dienone is 2. The van der Waals surface area contributed by atoms with Gasteiger partial charge in [-0.3, -0.25) is 19.3 Å². The summed E-state index contributed by atoms with van der Waals surface area (Å²) in [4.78, 5) is 40.0. The summed E-state index contributed by atoms with van der Waals surface area (Å²) in [5.41, 5.74) is 1.78. The van der Waals surface area contributed by atoms with Crippen LogP contribution in [0.2, 0.25) is 0 Å². The third kappa shape index (κ3) is 2.06. The highest BCUT2D eigenvalue weighted by molar-refractivity contribution is 6.10. The number of aryl methyl sites for hydroxylation is 1. The number of carbonyl (C=O) groups excluding carboxylic acids is 3. The number of nitrogens with one attached hydrogen (secondary N) is 1. The third-order valence-electron chi connectivity index (χ3n) is 6.78. The average Bonchev–Trinajstić information content (AvgIpc) is 3.41. The van der Waals surface area contributed by atoms with Crippen molar-refractivity contribution in [2.24, 2.45) is 35.5 Å². The highest BCUT2D eigenvalue weighted by Crippen LogP contribution is 2.65. The van der Waals surface area contributed by atoms with Gasteiger partial charge in [0.25, 0.3) is 0 Å². The van der Waals surface area contributed by atoms with E-state index in [0.717, 1.165) is 12.0 Å². The second-order valence-electron chi connectivity index (χ2n) is 8.23. The molecule has 7 atom stereocenters. The van der Waals surface area contributed by atoms with Gasteiger partial charge >= 0.3 is 0 Å². The lowest BCUT2D eigenvalue weighted by atomic mass is 9.63. The minimum atomic E-state index is -0.794. The van der Waals surface area contributed by atoms with Crippen molar-refractivity contribution in [3.63, 3.8) is 0 Å². The van der Waals surface area contributed by atoms with Crippen LogP contribution in [0.15, 0.2) is 36.4 Å². The number of likely N-dealkylation sites (tertiary alicyclic amines) is 1. The van der Waals surface area contributed by atoms with Gasteiger partial charge in [-0.25, -0.2) is 0 Å². The van der Waals surface area contributed by atoms with E-state index in [1.54, 1.807) is 6.92 Å². The fraction of sp³-hybridized carbons (Fsp3) is 0.476. The van der Waals surface area contributed by atoms with E-state index in [2.05, 4.69) is 17.5 Å². The summed E-state index contributed by atoms with van der Waals surface area (Å²) in [7, 11) is 0. The summed E-state index contributed by atoms with van der Waals surface area (Å²) in [5, 5.41) is 2.82. The first-order valence-electron chi connectivity index (χ1n) is 9.40. The number of anilines is 1. The largest absolute Gasteiger partial charge is 0.324 e. The van der Waals surface area contributed by atoms with Gasteiger partial charge < -0.3 is 5.32 Å². The summed E-state index contributed by atoms with van der Waals surface area (Å²) in [6, 6.07) is 6.68. The van der Waals surface area contributed by atoms with E-state index in [4.69, 9.17) is 0 Å². The maximum absolute atomic E-state index is 13.0. The van der Waals surface area contributed by atoms with Crippen LogP contribution in [0.3, 0.4) is 0 Å². The van der Waals surface area contributed by atoms with Crippen LogP contribution in [-0.2, 0) is 14.4 Å². The summed E-state index contributed by atoms with van der Waals surface area (Å²) < 4.78 is 0. The van der Waals surface area contributed by atoms with Crippen LogP contribution in [0.1, 0.15) is 18.9 Å². The lowest BCUT2D eigenvalue weighted by Crippen LogP contribution is -2.46. The van der Waals surface area contributed by atoms with E-state index in [9.17, 15) is 14.4 Å². The molecule has 5 aliphatic rings. The molecule has 26 heavy (non-hydrogen) atoms. The van der Waals surface area contributed by atoms with Crippen molar-refractivity contribution in [1.29, 1.82) is 0 Å². The van der Waals surface area contributed by atoms with Crippen LogP contribution in [0.4, 0.5) is 5.69 Å². The van der Waals surface area contributed by atoms with Crippen LogP contribution in [0.25, 0.3) is 0 Å². The Morgan fingerprint density at radius 2 is 1.58 bits per heavy atom. The second kappa shape index (κ2) is 5.29. The minimum absolute atomic E-state index is 0.156. The van der Waals surface area contributed by atoms with Crippen molar-refractivity contribution in [1.82, 2.24) is 4.90 Å². The molecule has 1 aromatic carbocycles. The Bertz CT molecular complexity index is 807. The van der Waals surface area contributed by atoms with E-state index < -0.39 is 6.04 Å². The quantitative estimate of drug-likeness (QED) is 0.672. The molecule has 0 aromatic heterocycles. The van der Waals surface area contributed by atoms with Gasteiger partial charge in [-0.15, -0.1) is 0 Å². The van der Waals surface area contributed by atoms with Crippen molar-refractivity contribution in [3.05, 3.63) is 42.0 Å². The maximum Gasteiger partial charge on any atom is 0.247 e. The monoisotopic (exact) mass is 350 g/mol. The number of amides is 3. The highest BCUT2D eigenvalue weighted by Gasteiger charge is 2.67. The molecule has 2 bridgehead atoms. The Balaban J connectivity index is 1.37. The molecule has 1 aliphatic heterocycles. The van der Waals surface area contributed by atoms with Gasteiger partial charge in [-0.2, -0.15) is 0 Å². The van der Waals surface area contributed by atoms with Gasteiger partial charge in [0.2, 0.25) is 17.7 Å². The van der Waals surface area contributed by atoms with E-state index >= 15 is 0 Å². The molecule has 1 saturated heterocycles. The predicted octanol–water partition coefficient (Wildman–Crippen LogP) is 2.38. The van der Waals surface area contributed by atoms with Crippen molar-refractivity contribution < 1.29 is 14.4 Å². The normalized spacial score (nSPS) is 37.4. The zero-order chi connectivity index (χ0) is 18.2. The molecule has 1 aromatic rings. The summed E-state index contributed by atoms with van der Waals surface area (Å²) >= 11 is 0. The highest BCUT2D eigenvalue weighted by atomic mass is 16.2. The van der Waals surface area contributed by atoms with Crippen molar-refractivity contribution in [2.45, 2.75) is 26.3 Å². The molecule has 3 fully saturated rings. The van der Waals surface area contributed by atoms with Gasteiger partial charge in [0, 0.05) is 5.69 Å². The van der Waals surface area contributed by atoms with Gasteiger partial charge in [-0.1, -0.05) is 29.8 Å². The fourth-order valence-electron chi connectivity index (χ4n) is 5.36. The summed E-state index contributed by atoms with van der Waals surface area (Å²) in [6.07, 6.45) is 5.43. The maximum atomic E-state index is 13.0. The number of imide groups is 1. The lowest BCUT2D eigenvalue weighted by molar-refractivity contribution is -0.146. The lowest BCUT2D eigenvalue weighted by Gasteiger charge is -2.37. The number of rotatable bonds is 3. The molecular weight excluding hydrogens is 328 g/mol. The van der Waals surface area contributed by atoms with Gasteiger partial charge in [0.1, 0.15) is 6.04 Å². The summed E-state index contributed by atoms with van der Waals surface area (Å²) in [5.74, 6) is 0.367. The molecular formula is C21H22N2O3. The number of hydrogen-bond acceptors (Lipinski definition) is 3. The SMILES string of the molecule is Cc1ccc(NC(=O)C(C)N2C(=O)C3C4C=CC(C5CC45)C3C2=O)cc1. The number of hydrogen-bond donors (Lipinski definition) is 1. The minimum Gasteiger partial charge on any atom is -0.324 e. The predicted molar refractivity (Wildman–Crippen MR) is 95.8 cm³/mol. The zero-order valence-corrected chi connectivity index (χ0v) is 14.9. The molecule has 134 valence electrons. The summed E-state index contributed by atoms with van der Waals surface area (Å²) in [6.45, 7) is 3.62. The Labute approximate surface area is 152 Å². The number of carbonyl (C=O) groups is 3. The molecule has 4 aliphatic carbocycles. The number of benzene rings is 1. The van der Waals surface area contributed by atoms with Gasteiger partial charge in [-0.05, 0) is 56.1 Å². The smallest absolute Gasteiger partial charge is 0.247 e.